The highest BCUT2D eigenvalue weighted by Crippen LogP contribution is 2.28. The number of carbonyl (C=O) groups is 1. The zero-order valence-corrected chi connectivity index (χ0v) is 13.1. The number of carboxylic acid groups (broad SMARTS) is 1. The number of hydrogen-bond donors (Lipinski definition) is 1. The van der Waals surface area contributed by atoms with Gasteiger partial charge in [0, 0.05) is 13.1 Å². The van der Waals surface area contributed by atoms with Crippen LogP contribution in [0.3, 0.4) is 0 Å². The standard InChI is InChI=1S/C14H19NO5S/c1-9(2)20-13-5-4-12(6-10(13)3)21(18,19)15-7-11(8-15)14(16)17/h4-6,9,11H,7-8H2,1-3H3,(H,16,17). The van der Waals surface area contributed by atoms with Crippen molar-refractivity contribution in [2.24, 2.45) is 5.92 Å². The van der Waals surface area contributed by atoms with E-state index in [9.17, 15) is 13.2 Å². The molecule has 1 aliphatic rings. The highest BCUT2D eigenvalue weighted by Gasteiger charge is 2.40. The van der Waals surface area contributed by atoms with Gasteiger partial charge in [0.05, 0.1) is 16.9 Å². The fourth-order valence-corrected chi connectivity index (χ4v) is 3.72. The molecule has 0 radical (unpaired) electrons. The highest BCUT2D eigenvalue weighted by molar-refractivity contribution is 7.89. The van der Waals surface area contributed by atoms with Crippen LogP contribution in [0.4, 0.5) is 0 Å². The van der Waals surface area contributed by atoms with Crippen LogP contribution in [-0.4, -0.2) is 43.0 Å². The van der Waals surface area contributed by atoms with Crippen molar-refractivity contribution in [3.05, 3.63) is 23.8 Å². The van der Waals surface area contributed by atoms with Crippen LogP contribution in [0.2, 0.25) is 0 Å². The topological polar surface area (TPSA) is 83.9 Å². The van der Waals surface area contributed by atoms with Crippen LogP contribution in [-0.2, 0) is 14.8 Å². The minimum Gasteiger partial charge on any atom is -0.491 e. The second-order valence-corrected chi connectivity index (χ2v) is 7.39. The molecular formula is C14H19NO5S. The van der Waals surface area contributed by atoms with E-state index in [1.54, 1.807) is 19.1 Å². The van der Waals surface area contributed by atoms with Crippen LogP contribution < -0.4 is 4.74 Å². The first kappa shape index (κ1) is 15.8. The molecule has 0 amide bonds. The van der Waals surface area contributed by atoms with Crippen molar-refractivity contribution >= 4 is 16.0 Å². The molecule has 1 aliphatic heterocycles. The molecule has 0 bridgehead atoms. The predicted octanol–water partition coefficient (Wildman–Crippen LogP) is 1.49. The number of hydrogen-bond acceptors (Lipinski definition) is 4. The number of ether oxygens (including phenoxy) is 1. The van der Waals surface area contributed by atoms with Gasteiger partial charge in [-0.2, -0.15) is 4.31 Å². The summed E-state index contributed by atoms with van der Waals surface area (Å²) in [4.78, 5) is 10.9. The zero-order chi connectivity index (χ0) is 15.8. The second kappa shape index (κ2) is 5.65. The lowest BCUT2D eigenvalue weighted by Gasteiger charge is -2.35. The lowest BCUT2D eigenvalue weighted by atomic mass is 10.0. The molecule has 116 valence electrons. The molecule has 1 heterocycles. The van der Waals surface area contributed by atoms with Gasteiger partial charge in [-0.05, 0) is 44.5 Å². The van der Waals surface area contributed by atoms with E-state index < -0.39 is 21.9 Å². The molecule has 2 rings (SSSR count). The van der Waals surface area contributed by atoms with Gasteiger partial charge in [0.2, 0.25) is 10.0 Å². The van der Waals surface area contributed by atoms with E-state index in [1.165, 1.54) is 10.4 Å². The van der Waals surface area contributed by atoms with Crippen LogP contribution in [0, 0.1) is 12.8 Å². The quantitative estimate of drug-likeness (QED) is 0.890. The summed E-state index contributed by atoms with van der Waals surface area (Å²) < 4.78 is 31.5. The molecule has 0 saturated carbocycles. The van der Waals surface area contributed by atoms with Crippen molar-refractivity contribution < 1.29 is 23.1 Å². The maximum atomic E-state index is 12.4. The number of rotatable bonds is 5. The van der Waals surface area contributed by atoms with Gasteiger partial charge >= 0.3 is 5.97 Å². The van der Waals surface area contributed by atoms with E-state index in [0.29, 0.717) is 5.75 Å². The fourth-order valence-electron chi connectivity index (χ4n) is 2.11. The monoisotopic (exact) mass is 313 g/mol. The Balaban J connectivity index is 2.18. The number of aryl methyl sites for hydroxylation is 1. The molecular weight excluding hydrogens is 294 g/mol. The zero-order valence-electron chi connectivity index (χ0n) is 12.2. The Hall–Kier alpha value is -1.60. The molecule has 21 heavy (non-hydrogen) atoms. The van der Waals surface area contributed by atoms with Gasteiger partial charge in [-0.25, -0.2) is 8.42 Å². The molecule has 1 N–H and O–H groups in total. The molecule has 1 saturated heterocycles. The van der Waals surface area contributed by atoms with Gasteiger partial charge in [-0.15, -0.1) is 0 Å². The summed E-state index contributed by atoms with van der Waals surface area (Å²) in [5.74, 6) is -0.918. The Bertz CT molecular complexity index is 647. The Morgan fingerprint density at radius 3 is 2.48 bits per heavy atom. The summed E-state index contributed by atoms with van der Waals surface area (Å²) in [5, 5.41) is 8.81. The lowest BCUT2D eigenvalue weighted by Crippen LogP contribution is -2.52. The largest absolute Gasteiger partial charge is 0.491 e. The first-order chi connectivity index (χ1) is 9.71. The molecule has 1 fully saturated rings. The maximum Gasteiger partial charge on any atom is 0.309 e. The molecule has 6 nitrogen and oxygen atoms in total. The van der Waals surface area contributed by atoms with Crippen molar-refractivity contribution in [2.45, 2.75) is 31.8 Å². The SMILES string of the molecule is Cc1cc(S(=O)(=O)N2CC(C(=O)O)C2)ccc1OC(C)C. The average Bonchev–Trinajstić information content (AvgIpc) is 2.28. The van der Waals surface area contributed by atoms with Gasteiger partial charge in [0.15, 0.2) is 0 Å². The Labute approximate surface area is 124 Å². The third-order valence-electron chi connectivity index (χ3n) is 3.34. The van der Waals surface area contributed by atoms with Gasteiger partial charge in [0.25, 0.3) is 0 Å². The maximum absolute atomic E-state index is 12.4. The molecule has 7 heteroatoms. The van der Waals surface area contributed by atoms with E-state index in [1.807, 2.05) is 13.8 Å². The number of sulfonamides is 1. The van der Waals surface area contributed by atoms with E-state index in [2.05, 4.69) is 0 Å². The van der Waals surface area contributed by atoms with Crippen LogP contribution >= 0.6 is 0 Å². The Morgan fingerprint density at radius 1 is 1.38 bits per heavy atom. The van der Waals surface area contributed by atoms with E-state index in [0.717, 1.165) is 5.56 Å². The molecule has 0 aromatic heterocycles. The summed E-state index contributed by atoms with van der Waals surface area (Å²) in [7, 11) is -3.62. The van der Waals surface area contributed by atoms with Crippen molar-refractivity contribution in [1.29, 1.82) is 0 Å². The van der Waals surface area contributed by atoms with Crippen LogP contribution in [0.5, 0.6) is 5.75 Å². The van der Waals surface area contributed by atoms with Crippen LogP contribution in [0.25, 0.3) is 0 Å². The summed E-state index contributed by atoms with van der Waals surface area (Å²) in [6.07, 6.45) is 0.0119. The average molecular weight is 313 g/mol. The summed E-state index contributed by atoms with van der Waals surface area (Å²) >= 11 is 0. The smallest absolute Gasteiger partial charge is 0.309 e. The van der Waals surface area contributed by atoms with E-state index >= 15 is 0 Å². The van der Waals surface area contributed by atoms with Crippen molar-refractivity contribution in [1.82, 2.24) is 4.31 Å². The first-order valence-electron chi connectivity index (χ1n) is 6.72. The molecule has 0 spiro atoms. The van der Waals surface area contributed by atoms with Gasteiger partial charge in [-0.1, -0.05) is 0 Å². The van der Waals surface area contributed by atoms with Gasteiger partial charge in [-0.3, -0.25) is 4.79 Å². The highest BCUT2D eigenvalue weighted by atomic mass is 32.2. The number of aliphatic carboxylic acids is 1. The van der Waals surface area contributed by atoms with Crippen LogP contribution in [0.1, 0.15) is 19.4 Å². The number of benzene rings is 1. The van der Waals surface area contributed by atoms with E-state index in [-0.39, 0.29) is 24.1 Å². The van der Waals surface area contributed by atoms with Gasteiger partial charge < -0.3 is 9.84 Å². The minimum absolute atomic E-state index is 0.0119. The summed E-state index contributed by atoms with van der Waals surface area (Å²) in [6.45, 7) is 5.64. The number of carboxylic acids is 1. The third-order valence-corrected chi connectivity index (χ3v) is 5.17. The summed E-state index contributed by atoms with van der Waals surface area (Å²) in [6, 6.07) is 4.69. The Kier molecular flexibility index (Phi) is 4.25. The van der Waals surface area contributed by atoms with Gasteiger partial charge in [0.1, 0.15) is 5.75 Å². The predicted molar refractivity (Wildman–Crippen MR) is 76.8 cm³/mol. The van der Waals surface area contributed by atoms with E-state index in [4.69, 9.17) is 9.84 Å². The molecule has 0 aliphatic carbocycles. The fraction of sp³-hybridized carbons (Fsp3) is 0.500. The molecule has 0 unspecified atom stereocenters. The number of nitrogens with zero attached hydrogens (tertiary/aromatic N) is 1. The second-order valence-electron chi connectivity index (χ2n) is 5.45. The Morgan fingerprint density at radius 2 is 2.00 bits per heavy atom. The minimum atomic E-state index is -3.62. The van der Waals surface area contributed by atoms with Crippen molar-refractivity contribution in [3.8, 4) is 5.75 Å². The normalized spacial score (nSPS) is 16.8. The first-order valence-corrected chi connectivity index (χ1v) is 8.16. The molecule has 0 atom stereocenters. The molecule has 1 aromatic rings. The molecule has 1 aromatic carbocycles. The van der Waals surface area contributed by atoms with Crippen LogP contribution in [0.15, 0.2) is 23.1 Å². The lowest BCUT2D eigenvalue weighted by molar-refractivity contribution is -0.145. The van der Waals surface area contributed by atoms with Crippen molar-refractivity contribution in [3.63, 3.8) is 0 Å². The summed E-state index contributed by atoms with van der Waals surface area (Å²) in [5.41, 5.74) is 0.736. The van der Waals surface area contributed by atoms with Crippen molar-refractivity contribution in [2.75, 3.05) is 13.1 Å². The third kappa shape index (κ3) is 3.19.